The molecule has 0 saturated carbocycles. The molecule has 0 bridgehead atoms. The van der Waals surface area contributed by atoms with E-state index < -0.39 is 0 Å². The van der Waals surface area contributed by atoms with Crippen molar-refractivity contribution in [1.29, 1.82) is 0 Å². The summed E-state index contributed by atoms with van der Waals surface area (Å²) in [6.45, 7) is 4.66. The molecule has 0 spiro atoms. The second kappa shape index (κ2) is 8.57. The van der Waals surface area contributed by atoms with E-state index >= 15 is 0 Å². The van der Waals surface area contributed by atoms with E-state index in [0.29, 0.717) is 12.2 Å². The minimum absolute atomic E-state index is 0.135. The Morgan fingerprint density at radius 2 is 1.83 bits per heavy atom. The number of benzene rings is 2. The van der Waals surface area contributed by atoms with Crippen molar-refractivity contribution in [2.75, 3.05) is 19.6 Å². The van der Waals surface area contributed by atoms with Crippen LogP contribution < -0.4 is 5.32 Å². The predicted octanol–water partition coefficient (Wildman–Crippen LogP) is 3.89. The fourth-order valence-corrected chi connectivity index (χ4v) is 3.80. The highest BCUT2D eigenvalue weighted by Crippen LogP contribution is 2.25. The molecule has 6 heteroatoms. The Morgan fingerprint density at radius 3 is 2.55 bits per heavy atom. The van der Waals surface area contributed by atoms with Crippen LogP contribution >= 0.6 is 0 Å². The van der Waals surface area contributed by atoms with Gasteiger partial charge in [0.2, 0.25) is 0 Å². The number of amides is 1. The van der Waals surface area contributed by atoms with Crippen molar-refractivity contribution < 1.29 is 9.18 Å². The number of aryl methyl sites for hydroxylation is 1. The smallest absolute Gasteiger partial charge is 0.271 e. The van der Waals surface area contributed by atoms with Gasteiger partial charge < -0.3 is 5.32 Å². The second-order valence-electron chi connectivity index (χ2n) is 7.48. The summed E-state index contributed by atoms with van der Waals surface area (Å²) in [5, 5.41) is 7.27. The fourth-order valence-electron chi connectivity index (χ4n) is 3.80. The molecule has 1 N–H and O–H groups in total. The molecule has 0 aliphatic carbocycles. The Labute approximate surface area is 170 Å². The molecule has 4 rings (SSSR count). The maximum Gasteiger partial charge on any atom is 0.271 e. The van der Waals surface area contributed by atoms with E-state index in [1.807, 2.05) is 0 Å². The summed E-state index contributed by atoms with van der Waals surface area (Å²) >= 11 is 0. The van der Waals surface area contributed by atoms with Crippen molar-refractivity contribution in [1.82, 2.24) is 20.0 Å². The number of carbonyl (C=O) groups excluding carboxylic acids is 1. The summed E-state index contributed by atoms with van der Waals surface area (Å²) in [5.41, 5.74) is 3.02. The Morgan fingerprint density at radius 1 is 1.10 bits per heavy atom. The van der Waals surface area contributed by atoms with Crippen molar-refractivity contribution in [3.8, 4) is 5.69 Å². The van der Waals surface area contributed by atoms with Gasteiger partial charge in [-0.2, -0.15) is 5.10 Å². The van der Waals surface area contributed by atoms with Gasteiger partial charge in [0.1, 0.15) is 11.5 Å². The predicted molar refractivity (Wildman–Crippen MR) is 111 cm³/mol. The molecule has 1 aliphatic heterocycles. The van der Waals surface area contributed by atoms with E-state index in [2.05, 4.69) is 46.5 Å². The van der Waals surface area contributed by atoms with Crippen LogP contribution in [0.3, 0.4) is 0 Å². The van der Waals surface area contributed by atoms with Gasteiger partial charge in [0.15, 0.2) is 5.69 Å². The Kier molecular flexibility index (Phi) is 5.71. The third-order valence-corrected chi connectivity index (χ3v) is 5.42. The quantitative estimate of drug-likeness (QED) is 0.693. The van der Waals surface area contributed by atoms with Gasteiger partial charge >= 0.3 is 0 Å². The highest BCUT2D eigenvalue weighted by molar-refractivity contribution is 5.92. The van der Waals surface area contributed by atoms with Crippen LogP contribution in [0.25, 0.3) is 5.69 Å². The van der Waals surface area contributed by atoms with Crippen molar-refractivity contribution in [3.05, 3.63) is 83.4 Å². The SMILES string of the molecule is Cc1ccc(C(CNC(=O)c2ccn(-c3ccccc3F)n2)N2CCCC2)cc1. The van der Waals surface area contributed by atoms with Crippen LogP contribution in [-0.2, 0) is 0 Å². The number of nitrogens with one attached hydrogen (secondary N) is 1. The number of para-hydroxylation sites is 1. The Hall–Kier alpha value is -2.99. The normalized spacial score (nSPS) is 15.4. The molecule has 1 fully saturated rings. The molecule has 150 valence electrons. The monoisotopic (exact) mass is 392 g/mol. The van der Waals surface area contributed by atoms with E-state index in [1.165, 1.54) is 34.7 Å². The molecular weight excluding hydrogens is 367 g/mol. The lowest BCUT2D eigenvalue weighted by Crippen LogP contribution is -2.37. The molecule has 3 aromatic rings. The average Bonchev–Trinajstić information content (AvgIpc) is 3.42. The van der Waals surface area contributed by atoms with Crippen molar-refractivity contribution in [2.24, 2.45) is 0 Å². The molecule has 5 nitrogen and oxygen atoms in total. The van der Waals surface area contributed by atoms with Gasteiger partial charge in [-0.25, -0.2) is 9.07 Å². The molecule has 2 heterocycles. The van der Waals surface area contributed by atoms with Gasteiger partial charge in [0, 0.05) is 12.7 Å². The lowest BCUT2D eigenvalue weighted by Gasteiger charge is -2.28. The van der Waals surface area contributed by atoms with Gasteiger partial charge in [-0.15, -0.1) is 0 Å². The topological polar surface area (TPSA) is 50.2 Å². The second-order valence-corrected chi connectivity index (χ2v) is 7.48. The summed E-state index contributed by atoms with van der Waals surface area (Å²) in [5.74, 6) is -0.632. The van der Waals surface area contributed by atoms with Crippen LogP contribution in [0.15, 0.2) is 60.8 Å². The molecule has 1 aromatic heterocycles. The van der Waals surface area contributed by atoms with Crippen molar-refractivity contribution in [3.63, 3.8) is 0 Å². The summed E-state index contributed by atoms with van der Waals surface area (Å²) in [7, 11) is 0. The third-order valence-electron chi connectivity index (χ3n) is 5.42. The maximum atomic E-state index is 14.0. The first-order valence-electron chi connectivity index (χ1n) is 10.0. The molecule has 1 amide bonds. The highest BCUT2D eigenvalue weighted by Gasteiger charge is 2.24. The Bertz CT molecular complexity index is 977. The largest absolute Gasteiger partial charge is 0.349 e. The van der Waals surface area contributed by atoms with Gasteiger partial charge in [-0.1, -0.05) is 42.0 Å². The number of halogens is 1. The summed E-state index contributed by atoms with van der Waals surface area (Å²) < 4.78 is 15.4. The third kappa shape index (κ3) is 4.38. The van der Waals surface area contributed by atoms with Crippen LogP contribution in [0, 0.1) is 12.7 Å². The zero-order chi connectivity index (χ0) is 20.2. The molecular formula is C23H25FN4O. The number of aromatic nitrogens is 2. The lowest BCUT2D eigenvalue weighted by molar-refractivity contribution is 0.0932. The van der Waals surface area contributed by atoms with Crippen LogP contribution in [-0.4, -0.2) is 40.2 Å². The lowest BCUT2D eigenvalue weighted by atomic mass is 10.0. The fraction of sp³-hybridized carbons (Fsp3) is 0.304. The molecule has 2 aromatic carbocycles. The number of carbonyl (C=O) groups is 1. The standard InChI is InChI=1S/C23H25FN4O/c1-17-8-10-18(11-9-17)22(27-13-4-5-14-27)16-25-23(29)20-12-15-28(26-20)21-7-3-2-6-19(21)24/h2-3,6-12,15,22H,4-5,13-14,16H2,1H3,(H,25,29). The number of rotatable bonds is 6. The molecule has 1 aliphatic rings. The van der Waals surface area contributed by atoms with Gasteiger partial charge in [-0.3, -0.25) is 9.69 Å². The number of likely N-dealkylation sites (tertiary alicyclic amines) is 1. The van der Waals surface area contributed by atoms with Gasteiger partial charge in [0.25, 0.3) is 5.91 Å². The first-order chi connectivity index (χ1) is 14.1. The minimum atomic E-state index is -0.379. The average molecular weight is 392 g/mol. The zero-order valence-corrected chi connectivity index (χ0v) is 16.5. The molecule has 1 unspecified atom stereocenters. The van der Waals surface area contributed by atoms with Crippen LogP contribution in [0.1, 0.15) is 40.5 Å². The van der Waals surface area contributed by atoms with E-state index in [4.69, 9.17) is 0 Å². The van der Waals surface area contributed by atoms with E-state index in [9.17, 15) is 9.18 Å². The maximum absolute atomic E-state index is 14.0. The minimum Gasteiger partial charge on any atom is -0.349 e. The summed E-state index contributed by atoms with van der Waals surface area (Å²) in [6, 6.07) is 16.6. The van der Waals surface area contributed by atoms with E-state index in [0.717, 1.165) is 13.1 Å². The summed E-state index contributed by atoms with van der Waals surface area (Å²) in [6.07, 6.45) is 3.97. The summed E-state index contributed by atoms with van der Waals surface area (Å²) in [4.78, 5) is 15.1. The molecule has 0 radical (unpaired) electrons. The van der Waals surface area contributed by atoms with E-state index in [-0.39, 0.29) is 23.5 Å². The van der Waals surface area contributed by atoms with Crippen molar-refractivity contribution >= 4 is 5.91 Å². The van der Waals surface area contributed by atoms with Crippen molar-refractivity contribution in [2.45, 2.75) is 25.8 Å². The first-order valence-corrected chi connectivity index (χ1v) is 10.0. The zero-order valence-electron chi connectivity index (χ0n) is 16.5. The molecule has 1 atom stereocenters. The van der Waals surface area contributed by atoms with Crippen LogP contribution in [0.5, 0.6) is 0 Å². The van der Waals surface area contributed by atoms with E-state index in [1.54, 1.807) is 30.5 Å². The first kappa shape index (κ1) is 19.3. The van der Waals surface area contributed by atoms with Crippen LogP contribution in [0.4, 0.5) is 4.39 Å². The van der Waals surface area contributed by atoms with Gasteiger partial charge in [0.05, 0.1) is 6.04 Å². The number of nitrogens with zero attached hydrogens (tertiary/aromatic N) is 3. The van der Waals surface area contributed by atoms with Gasteiger partial charge in [-0.05, 0) is 56.6 Å². The molecule has 29 heavy (non-hydrogen) atoms. The number of hydrogen-bond donors (Lipinski definition) is 1. The Balaban J connectivity index is 1.47. The molecule has 1 saturated heterocycles. The number of hydrogen-bond acceptors (Lipinski definition) is 3. The highest BCUT2D eigenvalue weighted by atomic mass is 19.1. The van der Waals surface area contributed by atoms with Crippen LogP contribution in [0.2, 0.25) is 0 Å².